The first-order valence-corrected chi connectivity index (χ1v) is 13.4. The van der Waals surface area contributed by atoms with Gasteiger partial charge in [0.2, 0.25) is 11.8 Å². The quantitative estimate of drug-likeness (QED) is 0.185. The van der Waals surface area contributed by atoms with E-state index in [1.54, 1.807) is 0 Å². The van der Waals surface area contributed by atoms with E-state index in [0.717, 1.165) is 19.3 Å². The highest BCUT2D eigenvalue weighted by atomic mass is 16.4. The molecule has 0 heterocycles. The van der Waals surface area contributed by atoms with E-state index in [1.807, 2.05) is 20.8 Å². The zero-order chi connectivity index (χ0) is 25.1. The number of hydrogen-bond donors (Lipinski definition) is 3. The minimum atomic E-state index is -0.979. The van der Waals surface area contributed by atoms with Gasteiger partial charge in [0.05, 0.1) is 6.42 Å². The van der Waals surface area contributed by atoms with Gasteiger partial charge in [-0.1, -0.05) is 118 Å². The highest BCUT2D eigenvalue weighted by molar-refractivity contribution is 5.90. The third kappa shape index (κ3) is 16.6. The highest BCUT2D eigenvalue weighted by Crippen LogP contribution is 2.22. The molecule has 0 aromatic carbocycles. The van der Waals surface area contributed by atoms with Crippen molar-refractivity contribution in [1.29, 1.82) is 0 Å². The second-order valence-electron chi connectivity index (χ2n) is 10.6. The molecule has 0 aliphatic carbocycles. The topological polar surface area (TPSA) is 95.5 Å². The summed E-state index contributed by atoms with van der Waals surface area (Å²) in [6, 6.07) is -0.692. The second-order valence-corrected chi connectivity index (χ2v) is 10.6. The molecule has 0 aromatic heterocycles. The molecule has 194 valence electrons. The van der Waals surface area contributed by atoms with Crippen molar-refractivity contribution >= 4 is 17.8 Å². The molecule has 0 bridgehead atoms. The first-order valence-electron chi connectivity index (χ1n) is 13.4. The van der Waals surface area contributed by atoms with Crippen LogP contribution in [0.1, 0.15) is 130 Å². The highest BCUT2D eigenvalue weighted by Gasteiger charge is 2.34. The second kappa shape index (κ2) is 18.8. The average Bonchev–Trinajstić information content (AvgIpc) is 2.75. The van der Waals surface area contributed by atoms with Crippen molar-refractivity contribution in [3.63, 3.8) is 0 Å². The summed E-state index contributed by atoms with van der Waals surface area (Å²) in [5, 5.41) is 14.6. The smallest absolute Gasteiger partial charge is 0.304 e. The fourth-order valence-electron chi connectivity index (χ4n) is 4.20. The number of hydrogen-bond acceptors (Lipinski definition) is 3. The largest absolute Gasteiger partial charge is 0.481 e. The predicted octanol–water partition coefficient (Wildman–Crippen LogP) is 6.23. The molecule has 0 aliphatic heterocycles. The lowest BCUT2D eigenvalue weighted by Crippen LogP contribution is -2.54. The van der Waals surface area contributed by atoms with Gasteiger partial charge in [0.25, 0.3) is 0 Å². The van der Waals surface area contributed by atoms with Gasteiger partial charge >= 0.3 is 5.97 Å². The maximum absolute atomic E-state index is 12.8. The molecule has 2 atom stereocenters. The van der Waals surface area contributed by atoms with Gasteiger partial charge in [-0.05, 0) is 11.8 Å². The third-order valence-electron chi connectivity index (χ3n) is 6.36. The van der Waals surface area contributed by atoms with Crippen LogP contribution in [0.5, 0.6) is 0 Å². The van der Waals surface area contributed by atoms with Crippen LogP contribution < -0.4 is 10.6 Å². The van der Waals surface area contributed by atoms with E-state index in [-0.39, 0.29) is 18.2 Å². The summed E-state index contributed by atoms with van der Waals surface area (Å²) in [6.07, 6.45) is 18.0. The molecule has 3 N–H and O–H groups in total. The van der Waals surface area contributed by atoms with Gasteiger partial charge in [0.1, 0.15) is 6.04 Å². The minimum absolute atomic E-state index is 0.200. The Labute approximate surface area is 203 Å². The average molecular weight is 469 g/mol. The van der Waals surface area contributed by atoms with Crippen molar-refractivity contribution in [3.8, 4) is 0 Å². The number of carboxylic acids is 1. The SMILES string of the molecule is CCCCCCCCCCCCCCCC[C@@H](CC(=O)O)C(=O)N[C@H](C(=O)NC)C(C)(C)C. The zero-order valence-electron chi connectivity index (χ0n) is 22.1. The lowest BCUT2D eigenvalue weighted by Gasteiger charge is -2.31. The van der Waals surface area contributed by atoms with Crippen molar-refractivity contribution in [3.05, 3.63) is 0 Å². The van der Waals surface area contributed by atoms with Crippen LogP contribution in [0.25, 0.3) is 0 Å². The Bertz CT molecular complexity index is 543. The van der Waals surface area contributed by atoms with Gasteiger partial charge in [0.15, 0.2) is 0 Å². The number of likely N-dealkylation sites (N-methyl/N-ethyl adjacent to an activating group) is 1. The Kier molecular flexibility index (Phi) is 17.9. The number of rotatable bonds is 20. The zero-order valence-corrected chi connectivity index (χ0v) is 22.1. The maximum atomic E-state index is 12.8. The van der Waals surface area contributed by atoms with Crippen molar-refractivity contribution < 1.29 is 19.5 Å². The predicted molar refractivity (Wildman–Crippen MR) is 136 cm³/mol. The molecule has 2 amide bonds. The summed E-state index contributed by atoms with van der Waals surface area (Å²) in [5.74, 6) is -2.18. The van der Waals surface area contributed by atoms with Gasteiger partial charge in [-0.25, -0.2) is 0 Å². The summed E-state index contributed by atoms with van der Waals surface area (Å²) in [5.41, 5.74) is -0.460. The normalized spacial score (nSPS) is 13.4. The number of carbonyl (C=O) groups excluding carboxylic acids is 2. The van der Waals surface area contributed by atoms with Crippen molar-refractivity contribution in [1.82, 2.24) is 10.6 Å². The summed E-state index contributed by atoms with van der Waals surface area (Å²) >= 11 is 0. The molecular formula is C27H52N2O4. The van der Waals surface area contributed by atoms with Crippen LogP contribution in [0.15, 0.2) is 0 Å². The Morgan fingerprint density at radius 3 is 1.52 bits per heavy atom. The maximum Gasteiger partial charge on any atom is 0.304 e. The molecule has 33 heavy (non-hydrogen) atoms. The number of amides is 2. The molecule has 0 saturated carbocycles. The lowest BCUT2D eigenvalue weighted by molar-refractivity contribution is -0.142. The van der Waals surface area contributed by atoms with Gasteiger partial charge in [-0.15, -0.1) is 0 Å². The van der Waals surface area contributed by atoms with Crippen LogP contribution in [0.4, 0.5) is 0 Å². The van der Waals surface area contributed by atoms with Crippen molar-refractivity contribution in [2.45, 2.75) is 136 Å². The number of nitrogens with one attached hydrogen (secondary N) is 2. The first kappa shape index (κ1) is 31.4. The monoisotopic (exact) mass is 468 g/mol. The Hall–Kier alpha value is -1.59. The third-order valence-corrected chi connectivity index (χ3v) is 6.36. The first-order chi connectivity index (χ1) is 15.6. The van der Waals surface area contributed by atoms with Crippen LogP contribution in [-0.4, -0.2) is 36.0 Å². The Balaban J connectivity index is 4.14. The fourth-order valence-corrected chi connectivity index (χ4v) is 4.20. The molecule has 6 heteroatoms. The number of carboxylic acid groups (broad SMARTS) is 1. The standard InChI is InChI=1S/C27H52N2O4/c1-6-7-8-9-10-11-12-13-14-15-16-17-18-19-20-22(21-23(30)31)25(32)29-24(26(33)28-5)27(2,3)4/h22,24H,6-21H2,1-5H3,(H,28,33)(H,29,32)(H,30,31)/t22-,24+/m0/s1. The van der Waals surface area contributed by atoms with Crippen molar-refractivity contribution in [2.75, 3.05) is 7.05 Å². The van der Waals surface area contributed by atoms with E-state index in [4.69, 9.17) is 0 Å². The van der Waals surface area contributed by atoms with E-state index in [2.05, 4.69) is 17.6 Å². The van der Waals surface area contributed by atoms with Gasteiger partial charge < -0.3 is 15.7 Å². The molecule has 0 fully saturated rings. The molecule has 0 saturated heterocycles. The molecule has 0 aromatic rings. The van der Waals surface area contributed by atoms with Crippen LogP contribution in [0.2, 0.25) is 0 Å². The number of unbranched alkanes of at least 4 members (excludes halogenated alkanes) is 13. The molecule has 0 unspecified atom stereocenters. The van der Waals surface area contributed by atoms with Crippen molar-refractivity contribution in [2.24, 2.45) is 11.3 Å². The van der Waals surface area contributed by atoms with E-state index in [1.165, 1.54) is 77.7 Å². The summed E-state index contributed by atoms with van der Waals surface area (Å²) in [4.78, 5) is 36.2. The number of carbonyl (C=O) groups is 3. The fraction of sp³-hybridized carbons (Fsp3) is 0.889. The lowest BCUT2D eigenvalue weighted by atomic mass is 9.85. The van der Waals surface area contributed by atoms with E-state index in [0.29, 0.717) is 6.42 Å². The minimum Gasteiger partial charge on any atom is -0.481 e. The molecular weight excluding hydrogens is 416 g/mol. The summed E-state index contributed by atoms with van der Waals surface area (Å²) in [7, 11) is 1.54. The van der Waals surface area contributed by atoms with Gasteiger partial charge in [0, 0.05) is 13.0 Å². The Morgan fingerprint density at radius 1 is 0.727 bits per heavy atom. The summed E-state index contributed by atoms with van der Waals surface area (Å²) < 4.78 is 0. The van der Waals surface area contributed by atoms with Crippen LogP contribution in [-0.2, 0) is 14.4 Å². The van der Waals surface area contributed by atoms with Gasteiger partial charge in [-0.3, -0.25) is 14.4 Å². The van der Waals surface area contributed by atoms with Crippen LogP contribution >= 0.6 is 0 Å². The molecule has 0 radical (unpaired) electrons. The Morgan fingerprint density at radius 2 is 1.15 bits per heavy atom. The molecule has 6 nitrogen and oxygen atoms in total. The molecule has 0 spiro atoms. The van der Waals surface area contributed by atoms with Gasteiger partial charge in [-0.2, -0.15) is 0 Å². The van der Waals surface area contributed by atoms with E-state index >= 15 is 0 Å². The molecule has 0 rings (SSSR count). The van der Waals surface area contributed by atoms with Crippen LogP contribution in [0.3, 0.4) is 0 Å². The van der Waals surface area contributed by atoms with Crippen LogP contribution in [0, 0.1) is 11.3 Å². The van der Waals surface area contributed by atoms with E-state index in [9.17, 15) is 19.5 Å². The summed E-state index contributed by atoms with van der Waals surface area (Å²) in [6.45, 7) is 7.90. The molecule has 0 aliphatic rings. The number of aliphatic carboxylic acids is 1. The van der Waals surface area contributed by atoms with E-state index < -0.39 is 23.3 Å².